The van der Waals surface area contributed by atoms with Crippen molar-refractivity contribution in [2.75, 3.05) is 7.05 Å². The number of aromatic amines is 1. The molecule has 1 aliphatic rings. The van der Waals surface area contributed by atoms with Crippen LogP contribution in [0, 0.1) is 0 Å². The summed E-state index contributed by atoms with van der Waals surface area (Å²) in [7, 11) is 1.71. The SMILES string of the molecule is CN(Cc1nnc2n1CCC2)C(=O)c1ncn[nH]1. The maximum Gasteiger partial charge on any atom is 0.291 e. The Kier molecular flexibility index (Phi) is 2.54. The second-order valence-electron chi connectivity index (χ2n) is 4.28. The molecule has 2 aromatic heterocycles. The summed E-state index contributed by atoms with van der Waals surface area (Å²) in [6.45, 7) is 1.36. The molecule has 18 heavy (non-hydrogen) atoms. The molecule has 0 saturated carbocycles. The summed E-state index contributed by atoms with van der Waals surface area (Å²) in [5.74, 6) is 1.85. The van der Waals surface area contributed by atoms with Gasteiger partial charge in [-0.15, -0.1) is 10.2 Å². The molecule has 0 atom stereocenters. The van der Waals surface area contributed by atoms with Gasteiger partial charge in [-0.2, -0.15) is 5.10 Å². The van der Waals surface area contributed by atoms with Crippen LogP contribution in [0.15, 0.2) is 6.33 Å². The Balaban J connectivity index is 1.74. The number of hydrogen-bond acceptors (Lipinski definition) is 5. The summed E-state index contributed by atoms with van der Waals surface area (Å²) >= 11 is 0. The van der Waals surface area contributed by atoms with Gasteiger partial charge in [0, 0.05) is 20.0 Å². The maximum absolute atomic E-state index is 12.0. The summed E-state index contributed by atoms with van der Waals surface area (Å²) < 4.78 is 2.07. The van der Waals surface area contributed by atoms with Gasteiger partial charge in [0.25, 0.3) is 5.91 Å². The predicted octanol–water partition coefficient (Wildman–Crippen LogP) is -0.385. The van der Waals surface area contributed by atoms with Gasteiger partial charge in [0.05, 0.1) is 6.54 Å². The van der Waals surface area contributed by atoms with Crippen molar-refractivity contribution in [1.82, 2.24) is 34.8 Å². The Morgan fingerprint density at radius 3 is 3.22 bits per heavy atom. The van der Waals surface area contributed by atoms with E-state index in [0.29, 0.717) is 6.54 Å². The highest BCUT2D eigenvalue weighted by atomic mass is 16.2. The van der Waals surface area contributed by atoms with Crippen molar-refractivity contribution in [2.45, 2.75) is 25.9 Å². The van der Waals surface area contributed by atoms with Crippen LogP contribution in [0.2, 0.25) is 0 Å². The molecule has 1 N–H and O–H groups in total. The molecule has 3 rings (SSSR count). The van der Waals surface area contributed by atoms with Crippen molar-refractivity contribution in [1.29, 1.82) is 0 Å². The second-order valence-corrected chi connectivity index (χ2v) is 4.28. The van der Waals surface area contributed by atoms with Gasteiger partial charge in [0.2, 0.25) is 5.82 Å². The molecule has 1 aliphatic heterocycles. The molecule has 2 aromatic rings. The number of rotatable bonds is 3. The van der Waals surface area contributed by atoms with Crippen molar-refractivity contribution in [3.05, 3.63) is 23.8 Å². The van der Waals surface area contributed by atoms with Crippen LogP contribution in [0.5, 0.6) is 0 Å². The highest BCUT2D eigenvalue weighted by Crippen LogP contribution is 2.15. The summed E-state index contributed by atoms with van der Waals surface area (Å²) in [4.78, 5) is 17.4. The van der Waals surface area contributed by atoms with E-state index in [1.54, 1.807) is 11.9 Å². The number of aryl methyl sites for hydroxylation is 1. The van der Waals surface area contributed by atoms with Crippen molar-refractivity contribution >= 4 is 5.91 Å². The van der Waals surface area contributed by atoms with E-state index in [1.165, 1.54) is 6.33 Å². The fraction of sp³-hybridized carbons (Fsp3) is 0.500. The molecular weight excluding hydrogens is 234 g/mol. The molecule has 0 unspecified atom stereocenters. The molecule has 94 valence electrons. The molecule has 0 radical (unpaired) electrons. The average Bonchev–Trinajstić information content (AvgIpc) is 3.06. The minimum atomic E-state index is -0.206. The minimum Gasteiger partial charge on any atom is -0.331 e. The minimum absolute atomic E-state index is 0.206. The van der Waals surface area contributed by atoms with E-state index in [-0.39, 0.29) is 11.7 Å². The van der Waals surface area contributed by atoms with Crippen LogP contribution >= 0.6 is 0 Å². The van der Waals surface area contributed by atoms with E-state index in [0.717, 1.165) is 31.0 Å². The molecule has 0 bridgehead atoms. The van der Waals surface area contributed by atoms with Gasteiger partial charge in [-0.1, -0.05) is 0 Å². The van der Waals surface area contributed by atoms with E-state index in [4.69, 9.17) is 0 Å². The monoisotopic (exact) mass is 247 g/mol. The van der Waals surface area contributed by atoms with Crippen LogP contribution in [0.3, 0.4) is 0 Å². The molecule has 0 fully saturated rings. The zero-order chi connectivity index (χ0) is 12.5. The largest absolute Gasteiger partial charge is 0.331 e. The first-order chi connectivity index (χ1) is 8.75. The highest BCUT2D eigenvalue weighted by molar-refractivity contribution is 5.89. The summed E-state index contributed by atoms with van der Waals surface area (Å²) in [6.07, 6.45) is 3.38. The summed E-state index contributed by atoms with van der Waals surface area (Å²) in [5, 5.41) is 14.4. The van der Waals surface area contributed by atoms with Crippen molar-refractivity contribution in [2.24, 2.45) is 0 Å². The maximum atomic E-state index is 12.0. The summed E-state index contributed by atoms with van der Waals surface area (Å²) in [6, 6.07) is 0. The molecule has 0 aliphatic carbocycles. The first-order valence-electron chi connectivity index (χ1n) is 5.77. The van der Waals surface area contributed by atoms with E-state index in [1.807, 2.05) is 0 Å². The molecule has 8 nitrogen and oxygen atoms in total. The van der Waals surface area contributed by atoms with Crippen LogP contribution in [0.25, 0.3) is 0 Å². The Morgan fingerprint density at radius 2 is 2.44 bits per heavy atom. The van der Waals surface area contributed by atoms with Crippen LogP contribution in [0.4, 0.5) is 0 Å². The zero-order valence-corrected chi connectivity index (χ0v) is 10.00. The number of amides is 1. The lowest BCUT2D eigenvalue weighted by molar-refractivity contribution is 0.0768. The lowest BCUT2D eigenvalue weighted by Gasteiger charge is -2.14. The van der Waals surface area contributed by atoms with Gasteiger partial charge >= 0.3 is 0 Å². The van der Waals surface area contributed by atoms with Gasteiger partial charge < -0.3 is 9.47 Å². The van der Waals surface area contributed by atoms with E-state index in [9.17, 15) is 4.79 Å². The predicted molar refractivity (Wildman–Crippen MR) is 60.5 cm³/mol. The van der Waals surface area contributed by atoms with E-state index >= 15 is 0 Å². The first-order valence-corrected chi connectivity index (χ1v) is 5.77. The van der Waals surface area contributed by atoms with Gasteiger partial charge in [0.1, 0.15) is 12.2 Å². The van der Waals surface area contributed by atoms with Gasteiger partial charge in [0.15, 0.2) is 5.82 Å². The van der Waals surface area contributed by atoms with E-state index < -0.39 is 0 Å². The number of nitrogens with zero attached hydrogens (tertiary/aromatic N) is 6. The average molecular weight is 247 g/mol. The molecular formula is C10H13N7O. The molecule has 0 saturated heterocycles. The smallest absolute Gasteiger partial charge is 0.291 e. The van der Waals surface area contributed by atoms with Crippen LogP contribution in [-0.4, -0.2) is 47.8 Å². The molecule has 1 amide bonds. The normalized spacial score (nSPS) is 13.6. The van der Waals surface area contributed by atoms with Crippen LogP contribution < -0.4 is 0 Å². The number of hydrogen-bond donors (Lipinski definition) is 1. The van der Waals surface area contributed by atoms with Crippen molar-refractivity contribution < 1.29 is 4.79 Å². The Bertz CT molecular complexity index is 559. The number of fused-ring (bicyclic) bond motifs is 1. The number of carbonyl (C=O) groups is 1. The number of aromatic nitrogens is 6. The summed E-state index contributed by atoms with van der Waals surface area (Å²) in [5.41, 5.74) is 0. The molecule has 0 spiro atoms. The Hall–Kier alpha value is -2.25. The standard InChI is InChI=1S/C10H13N7O/c1-16(10(18)9-11-6-12-15-9)5-8-14-13-7-3-2-4-17(7)8/h6H,2-5H2,1H3,(H,11,12,15). The van der Waals surface area contributed by atoms with Gasteiger partial charge in [-0.25, -0.2) is 4.98 Å². The zero-order valence-electron chi connectivity index (χ0n) is 10.00. The second kappa shape index (κ2) is 4.21. The topological polar surface area (TPSA) is 92.6 Å². The van der Waals surface area contributed by atoms with Gasteiger partial charge in [-0.3, -0.25) is 9.89 Å². The molecule has 0 aromatic carbocycles. The number of nitrogens with one attached hydrogen (secondary N) is 1. The fourth-order valence-corrected chi connectivity index (χ4v) is 2.10. The van der Waals surface area contributed by atoms with Crippen LogP contribution in [0.1, 0.15) is 28.7 Å². The third kappa shape index (κ3) is 1.75. The Morgan fingerprint density at radius 1 is 1.56 bits per heavy atom. The van der Waals surface area contributed by atoms with Gasteiger partial charge in [-0.05, 0) is 6.42 Å². The van der Waals surface area contributed by atoms with Crippen LogP contribution in [-0.2, 0) is 19.5 Å². The highest BCUT2D eigenvalue weighted by Gasteiger charge is 2.21. The van der Waals surface area contributed by atoms with E-state index in [2.05, 4.69) is 29.9 Å². The number of H-pyrrole nitrogens is 1. The third-order valence-corrected chi connectivity index (χ3v) is 3.03. The lowest BCUT2D eigenvalue weighted by Crippen LogP contribution is -2.28. The molecule has 3 heterocycles. The first kappa shape index (κ1) is 10.9. The molecule has 8 heteroatoms. The quantitative estimate of drug-likeness (QED) is 0.797. The van der Waals surface area contributed by atoms with Crippen molar-refractivity contribution in [3.63, 3.8) is 0 Å². The fourth-order valence-electron chi connectivity index (χ4n) is 2.10. The Labute approximate surface area is 103 Å². The third-order valence-electron chi connectivity index (χ3n) is 3.03. The number of carbonyl (C=O) groups excluding carboxylic acids is 1. The van der Waals surface area contributed by atoms with Crippen molar-refractivity contribution in [3.8, 4) is 0 Å². The lowest BCUT2D eigenvalue weighted by atomic mass is 10.4.